The predicted octanol–water partition coefficient (Wildman–Crippen LogP) is 5.10. The molecular weight excluding hydrogens is 452 g/mol. The Morgan fingerprint density at radius 3 is 2.18 bits per heavy atom. The summed E-state index contributed by atoms with van der Waals surface area (Å²) in [5, 5.41) is 10.0. The van der Waals surface area contributed by atoms with Crippen LogP contribution in [0.3, 0.4) is 0 Å². The van der Waals surface area contributed by atoms with Crippen molar-refractivity contribution < 1.29 is 24.2 Å². The highest BCUT2D eigenvalue weighted by Gasteiger charge is 2.38. The van der Waals surface area contributed by atoms with Crippen molar-refractivity contribution >= 4 is 34.9 Å². The lowest BCUT2D eigenvalue weighted by Gasteiger charge is -2.39. The number of nitrogens with two attached hydrogens (primary N) is 1. The zero-order chi connectivity index (χ0) is 25.2. The first-order chi connectivity index (χ1) is 15.9. The van der Waals surface area contributed by atoms with E-state index >= 15 is 0 Å². The summed E-state index contributed by atoms with van der Waals surface area (Å²) >= 11 is 1.27. The number of carbonyl (C=O) groups excluding carboxylic acids is 2. The lowest BCUT2D eigenvalue weighted by molar-refractivity contribution is -0.152. The molecule has 190 valence electrons. The molecule has 3 rings (SSSR count). The summed E-state index contributed by atoms with van der Waals surface area (Å²) in [4.78, 5) is 41.1. The molecule has 0 spiro atoms. The number of esters is 1. The number of carboxylic acids is 1. The van der Waals surface area contributed by atoms with Crippen LogP contribution >= 0.6 is 11.3 Å². The van der Waals surface area contributed by atoms with Gasteiger partial charge in [-0.15, -0.1) is 11.3 Å². The topological polar surface area (TPSA) is 110 Å². The minimum Gasteiger partial charge on any atom is -0.477 e. The average molecular weight is 493 g/mol. The molecule has 1 aromatic heterocycles. The third-order valence-corrected chi connectivity index (χ3v) is 8.71. The summed E-state index contributed by atoms with van der Waals surface area (Å²) in [6.07, 6.45) is 6.10. The molecular formula is C26H40N2O5S. The van der Waals surface area contributed by atoms with Crippen molar-refractivity contribution in [1.82, 2.24) is 0 Å². The minimum atomic E-state index is -0.995. The number of hydrogen-bond donors (Lipinski definition) is 2. The minimum absolute atomic E-state index is 0.0451. The van der Waals surface area contributed by atoms with Gasteiger partial charge in [0.2, 0.25) is 5.91 Å². The van der Waals surface area contributed by atoms with E-state index < -0.39 is 18.0 Å². The van der Waals surface area contributed by atoms with Crippen molar-refractivity contribution in [2.45, 2.75) is 110 Å². The van der Waals surface area contributed by atoms with E-state index in [9.17, 15) is 19.5 Å². The Hall–Kier alpha value is -1.93. The van der Waals surface area contributed by atoms with Gasteiger partial charge in [0.05, 0.1) is 5.69 Å². The fourth-order valence-corrected chi connectivity index (χ4v) is 6.02. The summed E-state index contributed by atoms with van der Waals surface area (Å²) in [6, 6.07) is 1.14. The molecule has 2 aliphatic rings. The van der Waals surface area contributed by atoms with Crippen LogP contribution in [0, 0.1) is 11.8 Å². The number of rotatable bonds is 6. The van der Waals surface area contributed by atoms with E-state index in [1.165, 1.54) is 11.3 Å². The molecule has 1 heterocycles. The summed E-state index contributed by atoms with van der Waals surface area (Å²) in [5.41, 5.74) is 5.95. The van der Waals surface area contributed by atoms with Gasteiger partial charge in [0, 0.05) is 16.8 Å². The maximum atomic E-state index is 13.9. The number of amides is 1. The van der Waals surface area contributed by atoms with Crippen LogP contribution in [-0.4, -0.2) is 41.1 Å². The Bertz CT molecular complexity index is 887. The Balaban J connectivity index is 1.90. The van der Waals surface area contributed by atoms with Gasteiger partial charge in [-0.05, 0) is 75.7 Å². The second kappa shape index (κ2) is 10.8. The summed E-state index contributed by atoms with van der Waals surface area (Å²) in [7, 11) is 0. The SMILES string of the molecule is CC1CCC(C(=O)N(c2cc(C(C)(C)C)sc2C(=O)O)C2CCC(OC(=O)[C@@H](C)N)CC2)CC1. The molecule has 2 fully saturated rings. The van der Waals surface area contributed by atoms with E-state index in [1.54, 1.807) is 11.8 Å². The maximum absolute atomic E-state index is 13.9. The van der Waals surface area contributed by atoms with E-state index in [1.807, 2.05) is 6.07 Å². The van der Waals surface area contributed by atoms with Crippen LogP contribution in [0.4, 0.5) is 5.69 Å². The Morgan fingerprint density at radius 1 is 1.09 bits per heavy atom. The van der Waals surface area contributed by atoms with Gasteiger partial charge in [-0.2, -0.15) is 0 Å². The number of ether oxygens (including phenoxy) is 1. The van der Waals surface area contributed by atoms with Crippen molar-refractivity contribution in [3.05, 3.63) is 15.8 Å². The number of aromatic carboxylic acids is 1. The fourth-order valence-electron chi connectivity index (χ4n) is 4.98. The smallest absolute Gasteiger partial charge is 0.348 e. The maximum Gasteiger partial charge on any atom is 0.348 e. The highest BCUT2D eigenvalue weighted by molar-refractivity contribution is 7.14. The van der Waals surface area contributed by atoms with E-state index in [0.717, 1.165) is 30.6 Å². The van der Waals surface area contributed by atoms with Crippen LogP contribution in [0.15, 0.2) is 6.07 Å². The Labute approximate surface area is 207 Å². The van der Waals surface area contributed by atoms with Gasteiger partial charge < -0.3 is 20.5 Å². The molecule has 2 saturated carbocycles. The normalized spacial score (nSPS) is 26.5. The zero-order valence-corrected chi connectivity index (χ0v) is 22.0. The number of hydrogen-bond acceptors (Lipinski definition) is 6. The van der Waals surface area contributed by atoms with Crippen molar-refractivity contribution in [3.63, 3.8) is 0 Å². The number of nitrogens with zero attached hydrogens (tertiary/aromatic N) is 1. The van der Waals surface area contributed by atoms with Gasteiger partial charge in [-0.1, -0.05) is 27.7 Å². The average Bonchev–Trinajstić information content (AvgIpc) is 3.21. The van der Waals surface area contributed by atoms with Crippen LogP contribution in [-0.2, 0) is 19.7 Å². The molecule has 8 heteroatoms. The van der Waals surface area contributed by atoms with Crippen LogP contribution < -0.4 is 10.6 Å². The Morgan fingerprint density at radius 2 is 1.68 bits per heavy atom. The second-order valence-electron chi connectivity index (χ2n) is 11.2. The first-order valence-electron chi connectivity index (χ1n) is 12.5. The monoisotopic (exact) mass is 492 g/mol. The summed E-state index contributed by atoms with van der Waals surface area (Å²) < 4.78 is 5.53. The molecule has 34 heavy (non-hydrogen) atoms. The quantitative estimate of drug-likeness (QED) is 0.534. The molecule has 0 saturated heterocycles. The number of thiophene rings is 1. The lowest BCUT2D eigenvalue weighted by atomic mass is 9.81. The van der Waals surface area contributed by atoms with Crippen LogP contribution in [0.25, 0.3) is 0 Å². The zero-order valence-electron chi connectivity index (χ0n) is 21.1. The van der Waals surface area contributed by atoms with Gasteiger partial charge >= 0.3 is 11.9 Å². The third kappa shape index (κ3) is 6.19. The summed E-state index contributed by atoms with van der Waals surface area (Å²) in [6.45, 7) is 10.00. The third-order valence-electron chi connectivity index (χ3n) is 7.17. The summed E-state index contributed by atoms with van der Waals surface area (Å²) in [5.74, 6) is -0.817. The molecule has 0 unspecified atom stereocenters. The van der Waals surface area contributed by atoms with Crippen molar-refractivity contribution in [2.75, 3.05) is 4.90 Å². The molecule has 1 atom stereocenters. The number of carbonyl (C=O) groups is 3. The van der Waals surface area contributed by atoms with Gasteiger partial charge in [0.1, 0.15) is 17.0 Å². The van der Waals surface area contributed by atoms with Crippen LogP contribution in [0.2, 0.25) is 0 Å². The highest BCUT2D eigenvalue weighted by atomic mass is 32.1. The highest BCUT2D eigenvalue weighted by Crippen LogP contribution is 2.42. The molecule has 1 aromatic rings. The fraction of sp³-hybridized carbons (Fsp3) is 0.731. The first-order valence-corrected chi connectivity index (χ1v) is 13.4. The Kier molecular flexibility index (Phi) is 8.45. The van der Waals surface area contributed by atoms with Crippen molar-refractivity contribution in [3.8, 4) is 0 Å². The second-order valence-corrected chi connectivity index (χ2v) is 12.3. The van der Waals surface area contributed by atoms with Gasteiger partial charge in [-0.25, -0.2) is 4.79 Å². The molecule has 7 nitrogen and oxygen atoms in total. The molecule has 0 aromatic carbocycles. The first kappa shape index (κ1) is 26.7. The number of anilines is 1. The van der Waals surface area contributed by atoms with E-state index in [0.29, 0.717) is 37.3 Å². The van der Waals surface area contributed by atoms with Crippen molar-refractivity contribution in [1.29, 1.82) is 0 Å². The molecule has 0 radical (unpaired) electrons. The van der Waals surface area contributed by atoms with Gasteiger partial charge in [0.25, 0.3) is 0 Å². The van der Waals surface area contributed by atoms with Crippen molar-refractivity contribution in [2.24, 2.45) is 17.6 Å². The molecule has 0 aliphatic heterocycles. The van der Waals surface area contributed by atoms with E-state index in [4.69, 9.17) is 10.5 Å². The standard InChI is InChI=1S/C26H40N2O5S/c1-15-6-8-17(9-7-15)23(29)28(18-10-12-19(13-11-18)33-25(32)16(2)27)20-14-21(26(3,4)5)34-22(20)24(30)31/h14-19H,6-13,27H2,1-5H3,(H,30,31)/t15?,16-,17?,18?,19?/m1/s1. The predicted molar refractivity (Wildman–Crippen MR) is 134 cm³/mol. The van der Waals surface area contributed by atoms with Crippen LogP contribution in [0.1, 0.15) is 101 Å². The van der Waals surface area contributed by atoms with E-state index in [2.05, 4.69) is 27.7 Å². The van der Waals surface area contributed by atoms with Gasteiger partial charge in [-0.3, -0.25) is 9.59 Å². The molecule has 0 bridgehead atoms. The molecule has 2 aliphatic carbocycles. The number of carboxylic acid groups (broad SMARTS) is 1. The largest absolute Gasteiger partial charge is 0.477 e. The lowest BCUT2D eigenvalue weighted by Crippen LogP contribution is -2.47. The molecule has 3 N–H and O–H groups in total. The van der Waals surface area contributed by atoms with Crippen LogP contribution in [0.5, 0.6) is 0 Å². The van der Waals surface area contributed by atoms with E-state index in [-0.39, 0.29) is 34.3 Å². The molecule has 1 amide bonds. The van der Waals surface area contributed by atoms with Gasteiger partial charge in [0.15, 0.2) is 0 Å².